The molecule has 0 saturated heterocycles. The molecule has 3 aromatic rings. The Kier molecular flexibility index (Phi) is 8.02. The monoisotopic (exact) mass is 614 g/mol. The first-order valence-electron chi connectivity index (χ1n) is 15.8. The van der Waals surface area contributed by atoms with E-state index in [1.165, 1.54) is 76.4 Å². The van der Waals surface area contributed by atoms with Crippen LogP contribution in [0.3, 0.4) is 0 Å². The maximum atomic E-state index is 5.86. The molecule has 0 fully saturated rings. The molecule has 0 spiro atoms. The fourth-order valence-corrected chi connectivity index (χ4v) is 9.03. The second-order valence-electron chi connectivity index (χ2n) is 14.1. The van der Waals surface area contributed by atoms with Gasteiger partial charge in [0, 0.05) is 18.7 Å². The van der Waals surface area contributed by atoms with Gasteiger partial charge < -0.3 is 9.47 Å². The van der Waals surface area contributed by atoms with E-state index in [-0.39, 0.29) is 11.5 Å². The highest BCUT2D eigenvalue weighted by atomic mass is 79.9. The van der Waals surface area contributed by atoms with Crippen molar-refractivity contribution in [1.82, 2.24) is 0 Å². The minimum atomic E-state index is 0.203. The summed E-state index contributed by atoms with van der Waals surface area (Å²) in [7, 11) is 3.69. The van der Waals surface area contributed by atoms with E-state index in [4.69, 9.17) is 9.47 Å². The van der Waals surface area contributed by atoms with Gasteiger partial charge in [-0.1, -0.05) is 86.9 Å². The van der Waals surface area contributed by atoms with Crippen LogP contribution in [0.5, 0.6) is 0 Å². The van der Waals surface area contributed by atoms with E-state index in [1.807, 2.05) is 14.2 Å². The Hall–Kier alpha value is -1.94. The van der Waals surface area contributed by atoms with Gasteiger partial charge in [-0.15, -0.1) is 0 Å². The molecule has 0 saturated carbocycles. The Balaban J connectivity index is 0.000000162. The first-order chi connectivity index (χ1) is 19.6. The summed E-state index contributed by atoms with van der Waals surface area (Å²) in [6, 6.07) is 14.2. The van der Waals surface area contributed by atoms with Gasteiger partial charge in [0.15, 0.2) is 0 Å². The topological polar surface area (TPSA) is 18.5 Å². The van der Waals surface area contributed by atoms with Crippen LogP contribution in [0.2, 0.25) is 0 Å². The van der Waals surface area contributed by atoms with Crippen LogP contribution in [-0.4, -0.2) is 14.2 Å². The van der Waals surface area contributed by atoms with Crippen molar-refractivity contribution < 1.29 is 9.47 Å². The van der Waals surface area contributed by atoms with E-state index in [1.54, 1.807) is 27.8 Å². The first-order valence-corrected chi connectivity index (χ1v) is 16.6. The van der Waals surface area contributed by atoms with Crippen LogP contribution < -0.4 is 0 Å². The molecule has 3 heteroatoms. The Morgan fingerprint density at radius 2 is 1.20 bits per heavy atom. The van der Waals surface area contributed by atoms with Gasteiger partial charge in [0.1, 0.15) is 0 Å². The minimum Gasteiger partial charge on any atom is -0.376 e. The van der Waals surface area contributed by atoms with Crippen LogP contribution in [0.1, 0.15) is 110 Å². The molecule has 7 rings (SSSR count). The molecule has 0 aromatic heterocycles. The zero-order valence-electron chi connectivity index (χ0n) is 26.1. The van der Waals surface area contributed by atoms with Crippen LogP contribution >= 0.6 is 15.9 Å². The predicted octanol–water partition coefficient (Wildman–Crippen LogP) is 9.84. The fraction of sp³-hybridized carbons (Fsp3) is 0.526. The largest absolute Gasteiger partial charge is 0.376 e. The highest BCUT2D eigenvalue weighted by Gasteiger charge is 2.35. The molecule has 4 aliphatic rings. The molecule has 0 N–H and O–H groups in total. The molecule has 0 radical (unpaired) electrons. The summed E-state index contributed by atoms with van der Waals surface area (Å²) in [5.41, 5.74) is 16.7. The Morgan fingerprint density at radius 1 is 0.683 bits per heavy atom. The molecule has 41 heavy (non-hydrogen) atoms. The number of benzene rings is 3. The maximum absolute atomic E-state index is 5.86. The molecule has 4 atom stereocenters. The van der Waals surface area contributed by atoms with Crippen molar-refractivity contribution in [3.05, 3.63) is 90.9 Å². The average molecular weight is 616 g/mol. The summed E-state index contributed by atoms with van der Waals surface area (Å²) >= 11 is 3.81. The highest BCUT2D eigenvalue weighted by Crippen LogP contribution is 2.48. The quantitative estimate of drug-likeness (QED) is 0.292. The lowest BCUT2D eigenvalue weighted by Gasteiger charge is -2.21. The lowest BCUT2D eigenvalue weighted by molar-refractivity contribution is 0.0694. The summed E-state index contributed by atoms with van der Waals surface area (Å²) < 4.78 is 12.9. The van der Waals surface area contributed by atoms with Gasteiger partial charge in [0.25, 0.3) is 0 Å². The van der Waals surface area contributed by atoms with Gasteiger partial charge >= 0.3 is 0 Å². The van der Waals surface area contributed by atoms with Crippen molar-refractivity contribution in [2.24, 2.45) is 11.8 Å². The molecular formula is C38H47BrO2. The standard InChI is InChI=1S/C24H30O.C14H17BrO/c1-15-13-20-21(23(15)25-5)14-17-7-6-8-19(17)22(20)16-9-11-18(12-10-16)24(2,3)4;1-8-6-11-12(14(8)16-2)7-9-4-3-5-10(9)13(11)15/h9-12,14-15,23H,6-8,13H2,1-5H3;7-8,14H,3-6H2,1-2H3. The van der Waals surface area contributed by atoms with Crippen molar-refractivity contribution in [1.29, 1.82) is 0 Å². The number of ether oxygens (including phenoxy) is 2. The SMILES string of the molecule is COC1c2cc3c(c(-c4ccc(C(C)(C)C)cc4)c2CC1C)CCC3.COC1c2cc3c(c(Br)c2CC1C)CCC3. The van der Waals surface area contributed by atoms with Gasteiger partial charge in [0.2, 0.25) is 0 Å². The van der Waals surface area contributed by atoms with Crippen LogP contribution in [0.15, 0.2) is 40.9 Å². The van der Waals surface area contributed by atoms with Crippen molar-refractivity contribution >= 4 is 15.9 Å². The Labute approximate surface area is 256 Å². The molecule has 3 aromatic carbocycles. The molecule has 0 bridgehead atoms. The lowest BCUT2D eigenvalue weighted by atomic mass is 9.84. The molecule has 4 aliphatic carbocycles. The number of methoxy groups -OCH3 is 2. The number of halogens is 1. The Morgan fingerprint density at radius 3 is 1.76 bits per heavy atom. The zero-order chi connectivity index (χ0) is 29.1. The first kappa shape index (κ1) is 29.1. The molecular weight excluding hydrogens is 568 g/mol. The number of aryl methyl sites for hydroxylation is 2. The predicted molar refractivity (Wildman–Crippen MR) is 174 cm³/mol. The van der Waals surface area contributed by atoms with Crippen LogP contribution in [-0.2, 0) is 53.4 Å². The molecule has 0 aliphatic heterocycles. The summed E-state index contributed by atoms with van der Waals surface area (Å²) in [6.45, 7) is 11.5. The number of fused-ring (bicyclic) bond motifs is 4. The van der Waals surface area contributed by atoms with Crippen molar-refractivity contribution in [2.75, 3.05) is 14.2 Å². The van der Waals surface area contributed by atoms with Gasteiger partial charge in [-0.2, -0.15) is 0 Å². The van der Waals surface area contributed by atoms with E-state index in [0.717, 1.165) is 12.8 Å². The fourth-order valence-electron chi connectivity index (χ4n) is 8.18. The second kappa shape index (κ2) is 11.3. The summed E-state index contributed by atoms with van der Waals surface area (Å²) in [5.74, 6) is 1.17. The van der Waals surface area contributed by atoms with Gasteiger partial charge in [-0.25, -0.2) is 0 Å². The zero-order valence-corrected chi connectivity index (χ0v) is 27.7. The number of rotatable bonds is 3. The van der Waals surface area contributed by atoms with Gasteiger partial charge in [-0.3, -0.25) is 0 Å². The van der Waals surface area contributed by atoms with Crippen LogP contribution in [0.25, 0.3) is 11.1 Å². The van der Waals surface area contributed by atoms with Crippen molar-refractivity contribution in [3.63, 3.8) is 0 Å². The third-order valence-corrected chi connectivity index (χ3v) is 11.2. The lowest BCUT2D eigenvalue weighted by Crippen LogP contribution is -2.10. The van der Waals surface area contributed by atoms with Crippen molar-refractivity contribution in [2.45, 2.75) is 104 Å². The molecule has 2 nitrogen and oxygen atoms in total. The van der Waals surface area contributed by atoms with E-state index >= 15 is 0 Å². The van der Waals surface area contributed by atoms with E-state index in [0.29, 0.717) is 17.9 Å². The van der Waals surface area contributed by atoms with E-state index in [9.17, 15) is 0 Å². The average Bonchev–Trinajstić information content (AvgIpc) is 3.72. The minimum absolute atomic E-state index is 0.203. The molecule has 218 valence electrons. The molecule has 0 heterocycles. The summed E-state index contributed by atoms with van der Waals surface area (Å²) in [5, 5.41) is 0. The summed E-state index contributed by atoms with van der Waals surface area (Å²) in [4.78, 5) is 0. The van der Waals surface area contributed by atoms with Gasteiger partial charge in [0.05, 0.1) is 12.2 Å². The van der Waals surface area contributed by atoms with Crippen LogP contribution in [0.4, 0.5) is 0 Å². The molecule has 4 unspecified atom stereocenters. The number of hydrogen-bond donors (Lipinski definition) is 0. The maximum Gasteiger partial charge on any atom is 0.0852 e. The Bertz CT molecular complexity index is 1450. The summed E-state index contributed by atoms with van der Waals surface area (Å²) in [6.07, 6.45) is 10.4. The van der Waals surface area contributed by atoms with E-state index < -0.39 is 0 Å². The third kappa shape index (κ3) is 5.15. The highest BCUT2D eigenvalue weighted by molar-refractivity contribution is 9.10. The third-order valence-electron chi connectivity index (χ3n) is 10.3. The van der Waals surface area contributed by atoms with Gasteiger partial charge in [-0.05, 0) is 130 Å². The molecule has 0 amide bonds. The smallest absolute Gasteiger partial charge is 0.0852 e. The second-order valence-corrected chi connectivity index (χ2v) is 14.9. The van der Waals surface area contributed by atoms with E-state index in [2.05, 4.69) is 86.9 Å². The number of hydrogen-bond acceptors (Lipinski definition) is 2. The van der Waals surface area contributed by atoms with Crippen molar-refractivity contribution in [3.8, 4) is 11.1 Å². The normalized spacial score (nSPS) is 24.0. The van der Waals surface area contributed by atoms with Crippen LogP contribution in [0, 0.1) is 11.8 Å².